The highest BCUT2D eigenvalue weighted by Crippen LogP contribution is 2.25. The number of halogens is 2. The van der Waals surface area contributed by atoms with Gasteiger partial charge in [-0.25, -0.2) is 4.98 Å². The summed E-state index contributed by atoms with van der Waals surface area (Å²) in [6.07, 6.45) is 1.68. The Bertz CT molecular complexity index is 677. The largest absolute Gasteiger partial charge is 0.335 e. The van der Waals surface area contributed by atoms with Gasteiger partial charge in [0.05, 0.1) is 15.7 Å². The van der Waals surface area contributed by atoms with Crippen LogP contribution in [-0.4, -0.2) is 46.4 Å². The molecule has 0 radical (unpaired) electrons. The number of nitrogens with zero attached hydrogens (tertiary/aromatic N) is 3. The zero-order valence-electron chi connectivity index (χ0n) is 11.0. The Labute approximate surface area is 126 Å². The molecule has 0 aliphatic carbocycles. The fourth-order valence-corrected chi connectivity index (χ4v) is 2.98. The van der Waals surface area contributed by atoms with E-state index < -0.39 is 0 Å². The van der Waals surface area contributed by atoms with Gasteiger partial charge in [0.15, 0.2) is 5.65 Å². The predicted octanol–water partition coefficient (Wildman–Crippen LogP) is 1.99. The second-order valence-electron chi connectivity index (χ2n) is 4.79. The number of carbonyl (C=O) groups is 1. The molecule has 1 amide bonds. The molecular formula is C13H14Cl2N4O. The van der Waals surface area contributed by atoms with Crippen molar-refractivity contribution in [3.05, 3.63) is 33.7 Å². The molecule has 1 aliphatic heterocycles. The maximum absolute atomic E-state index is 12.7. The Hall–Kier alpha value is -1.30. The molecule has 0 unspecified atom stereocenters. The third-order valence-corrected chi connectivity index (χ3v) is 3.91. The average Bonchev–Trinajstić information content (AvgIpc) is 2.76. The number of hydrogen-bond acceptors (Lipinski definition) is 3. The summed E-state index contributed by atoms with van der Waals surface area (Å²) in [5.41, 5.74) is 1.76. The van der Waals surface area contributed by atoms with Gasteiger partial charge in [0.1, 0.15) is 5.69 Å². The summed E-state index contributed by atoms with van der Waals surface area (Å²) in [7, 11) is 0. The molecule has 1 aliphatic rings. The van der Waals surface area contributed by atoms with E-state index in [-0.39, 0.29) is 5.91 Å². The van der Waals surface area contributed by atoms with Gasteiger partial charge in [-0.1, -0.05) is 23.2 Å². The second-order valence-corrected chi connectivity index (χ2v) is 5.63. The molecule has 7 heteroatoms. The van der Waals surface area contributed by atoms with Crippen LogP contribution in [0.15, 0.2) is 12.3 Å². The van der Waals surface area contributed by atoms with Gasteiger partial charge < -0.3 is 10.2 Å². The molecule has 0 saturated carbocycles. The molecule has 2 aromatic rings. The Morgan fingerprint density at radius 2 is 2.05 bits per heavy atom. The number of fused-ring (bicyclic) bond motifs is 1. The number of pyridine rings is 1. The van der Waals surface area contributed by atoms with Gasteiger partial charge in [0.25, 0.3) is 5.91 Å². The molecular weight excluding hydrogens is 299 g/mol. The number of aryl methyl sites for hydroxylation is 1. The van der Waals surface area contributed by atoms with Crippen LogP contribution in [0.5, 0.6) is 0 Å². The van der Waals surface area contributed by atoms with E-state index in [1.807, 2.05) is 11.8 Å². The van der Waals surface area contributed by atoms with E-state index in [0.29, 0.717) is 40.2 Å². The van der Waals surface area contributed by atoms with Crippen molar-refractivity contribution in [3.8, 4) is 0 Å². The van der Waals surface area contributed by atoms with E-state index in [9.17, 15) is 4.79 Å². The summed E-state index contributed by atoms with van der Waals surface area (Å²) in [5.74, 6) is -0.0326. The number of aromatic nitrogens is 2. The fourth-order valence-electron chi connectivity index (χ4n) is 2.46. The quantitative estimate of drug-likeness (QED) is 0.876. The normalized spacial score (nSPS) is 15.8. The van der Waals surface area contributed by atoms with Crippen LogP contribution in [0, 0.1) is 6.92 Å². The number of piperazine rings is 1. The van der Waals surface area contributed by atoms with Crippen molar-refractivity contribution in [3.63, 3.8) is 0 Å². The zero-order chi connectivity index (χ0) is 14.3. The number of nitrogens with one attached hydrogen (secondary N) is 1. The standard InChI is InChI=1S/C13H14Cl2N4O/c1-8-11(13(20)18-4-2-16-3-5-18)19-7-9(14)6-10(15)12(19)17-8/h6-7,16H,2-5H2,1H3. The minimum atomic E-state index is -0.0326. The van der Waals surface area contributed by atoms with Gasteiger partial charge in [-0.3, -0.25) is 9.20 Å². The van der Waals surface area contributed by atoms with Crippen LogP contribution in [0.4, 0.5) is 0 Å². The highest BCUT2D eigenvalue weighted by molar-refractivity contribution is 6.36. The van der Waals surface area contributed by atoms with Crippen molar-refractivity contribution >= 4 is 34.8 Å². The van der Waals surface area contributed by atoms with Gasteiger partial charge in [0, 0.05) is 32.4 Å². The van der Waals surface area contributed by atoms with Gasteiger partial charge >= 0.3 is 0 Å². The number of hydrogen-bond donors (Lipinski definition) is 1. The maximum Gasteiger partial charge on any atom is 0.272 e. The molecule has 5 nitrogen and oxygen atoms in total. The summed E-state index contributed by atoms with van der Waals surface area (Å²) in [5, 5.41) is 4.15. The van der Waals surface area contributed by atoms with Crippen LogP contribution in [0.2, 0.25) is 10.0 Å². The summed E-state index contributed by atoms with van der Waals surface area (Å²) in [4.78, 5) is 18.9. The first-order valence-corrected chi connectivity index (χ1v) is 7.17. The van der Waals surface area contributed by atoms with Crippen LogP contribution in [0.1, 0.15) is 16.2 Å². The van der Waals surface area contributed by atoms with Crippen LogP contribution < -0.4 is 5.32 Å². The SMILES string of the molecule is Cc1nc2c(Cl)cc(Cl)cn2c1C(=O)N1CCNCC1. The van der Waals surface area contributed by atoms with Gasteiger partial charge in [-0.15, -0.1) is 0 Å². The molecule has 1 fully saturated rings. The molecule has 1 N–H and O–H groups in total. The fraction of sp³-hybridized carbons (Fsp3) is 0.385. The molecule has 0 spiro atoms. The first-order valence-electron chi connectivity index (χ1n) is 6.41. The van der Waals surface area contributed by atoms with Crippen molar-refractivity contribution in [2.75, 3.05) is 26.2 Å². The van der Waals surface area contributed by atoms with Crippen LogP contribution in [0.3, 0.4) is 0 Å². The summed E-state index contributed by atoms with van der Waals surface area (Å²) in [6.45, 7) is 4.82. The monoisotopic (exact) mass is 312 g/mol. The molecule has 2 aromatic heterocycles. The third-order valence-electron chi connectivity index (χ3n) is 3.42. The summed E-state index contributed by atoms with van der Waals surface area (Å²) < 4.78 is 1.68. The van der Waals surface area contributed by atoms with Gasteiger partial charge in [-0.2, -0.15) is 0 Å². The van der Waals surface area contributed by atoms with Crippen molar-refractivity contribution in [1.82, 2.24) is 19.6 Å². The van der Waals surface area contributed by atoms with Crippen molar-refractivity contribution in [1.29, 1.82) is 0 Å². The summed E-state index contributed by atoms with van der Waals surface area (Å²) >= 11 is 12.2. The molecule has 3 heterocycles. The highest BCUT2D eigenvalue weighted by atomic mass is 35.5. The van der Waals surface area contributed by atoms with Crippen molar-refractivity contribution in [2.45, 2.75) is 6.92 Å². The Balaban J connectivity index is 2.10. The van der Waals surface area contributed by atoms with Crippen LogP contribution >= 0.6 is 23.2 Å². The first kappa shape index (κ1) is 13.7. The molecule has 1 saturated heterocycles. The lowest BCUT2D eigenvalue weighted by Crippen LogP contribution is -2.46. The van der Waals surface area contributed by atoms with E-state index in [2.05, 4.69) is 10.3 Å². The average molecular weight is 313 g/mol. The highest BCUT2D eigenvalue weighted by Gasteiger charge is 2.24. The maximum atomic E-state index is 12.7. The smallest absolute Gasteiger partial charge is 0.272 e. The Morgan fingerprint density at radius 1 is 1.35 bits per heavy atom. The Kier molecular flexibility index (Phi) is 3.58. The number of carbonyl (C=O) groups excluding carboxylic acids is 1. The molecule has 0 atom stereocenters. The Morgan fingerprint density at radius 3 is 2.75 bits per heavy atom. The number of rotatable bonds is 1. The molecule has 3 rings (SSSR count). The van der Waals surface area contributed by atoms with Crippen LogP contribution in [0.25, 0.3) is 5.65 Å². The summed E-state index contributed by atoms with van der Waals surface area (Å²) in [6, 6.07) is 1.63. The van der Waals surface area contributed by atoms with Gasteiger partial charge in [0.2, 0.25) is 0 Å². The molecule has 0 aromatic carbocycles. The van der Waals surface area contributed by atoms with E-state index in [4.69, 9.17) is 23.2 Å². The van der Waals surface area contributed by atoms with E-state index >= 15 is 0 Å². The van der Waals surface area contributed by atoms with Crippen molar-refractivity contribution in [2.24, 2.45) is 0 Å². The van der Waals surface area contributed by atoms with Gasteiger partial charge in [-0.05, 0) is 13.0 Å². The minimum Gasteiger partial charge on any atom is -0.335 e. The molecule has 0 bridgehead atoms. The lowest BCUT2D eigenvalue weighted by atomic mass is 10.2. The third kappa shape index (κ3) is 2.26. The first-order chi connectivity index (χ1) is 9.58. The minimum absolute atomic E-state index is 0.0326. The zero-order valence-corrected chi connectivity index (χ0v) is 12.5. The lowest BCUT2D eigenvalue weighted by Gasteiger charge is -2.27. The van der Waals surface area contributed by atoms with E-state index in [1.165, 1.54) is 0 Å². The molecule has 20 heavy (non-hydrogen) atoms. The lowest BCUT2D eigenvalue weighted by molar-refractivity contribution is 0.0728. The predicted molar refractivity (Wildman–Crippen MR) is 78.7 cm³/mol. The number of imidazole rings is 1. The second kappa shape index (κ2) is 5.24. The van der Waals surface area contributed by atoms with E-state index in [1.54, 1.807) is 16.7 Å². The number of amides is 1. The topological polar surface area (TPSA) is 49.6 Å². The van der Waals surface area contributed by atoms with Crippen molar-refractivity contribution < 1.29 is 4.79 Å². The molecule has 106 valence electrons. The van der Waals surface area contributed by atoms with Crippen LogP contribution in [-0.2, 0) is 0 Å². The van der Waals surface area contributed by atoms with E-state index in [0.717, 1.165) is 13.1 Å².